The monoisotopic (exact) mass is 435 g/mol. The number of halogens is 2. The molecule has 3 aromatic rings. The third kappa shape index (κ3) is 3.41. The van der Waals surface area contributed by atoms with Crippen LogP contribution >= 0.6 is 28.3 Å². The van der Waals surface area contributed by atoms with Crippen molar-refractivity contribution in [3.05, 3.63) is 46.8 Å². The van der Waals surface area contributed by atoms with Gasteiger partial charge < -0.3 is 14.8 Å². The van der Waals surface area contributed by atoms with Gasteiger partial charge in [0.2, 0.25) is 0 Å². The smallest absolute Gasteiger partial charge is 0.257 e. The Hall–Kier alpha value is -2.12. The third-order valence-electron chi connectivity index (χ3n) is 4.45. The third-order valence-corrected chi connectivity index (χ3v) is 4.94. The summed E-state index contributed by atoms with van der Waals surface area (Å²) in [5.74, 6) is 0.680. The Kier molecular flexibility index (Phi) is 5.48. The van der Waals surface area contributed by atoms with E-state index >= 15 is 0 Å². The SMILES string of the molecule is Cl.Cn1cnc2c(Nc3cccc(Br)c3)ncc(C(=O)N3CCCC3)c21. The molecule has 1 saturated heterocycles. The van der Waals surface area contributed by atoms with E-state index in [-0.39, 0.29) is 18.3 Å². The van der Waals surface area contributed by atoms with E-state index in [0.717, 1.165) is 41.6 Å². The number of anilines is 2. The molecule has 2 aromatic heterocycles. The number of pyridine rings is 1. The molecule has 0 saturated carbocycles. The first-order valence-electron chi connectivity index (χ1n) is 8.25. The number of fused-ring (bicyclic) bond motifs is 1. The lowest BCUT2D eigenvalue weighted by Crippen LogP contribution is -2.28. The first kappa shape index (κ1) is 18.7. The first-order chi connectivity index (χ1) is 12.1. The first-order valence-corrected chi connectivity index (χ1v) is 9.04. The van der Waals surface area contributed by atoms with Crippen molar-refractivity contribution in [1.29, 1.82) is 0 Å². The Bertz CT molecular complexity index is 952. The van der Waals surface area contributed by atoms with Crippen LogP contribution in [0.4, 0.5) is 11.5 Å². The van der Waals surface area contributed by atoms with Crippen molar-refractivity contribution < 1.29 is 4.79 Å². The van der Waals surface area contributed by atoms with Gasteiger partial charge in [-0.1, -0.05) is 22.0 Å². The molecule has 136 valence electrons. The summed E-state index contributed by atoms with van der Waals surface area (Å²) in [6, 6.07) is 7.85. The number of nitrogens with one attached hydrogen (secondary N) is 1. The lowest BCUT2D eigenvalue weighted by Gasteiger charge is -2.16. The van der Waals surface area contributed by atoms with Gasteiger partial charge in [0.05, 0.1) is 17.4 Å². The van der Waals surface area contributed by atoms with E-state index < -0.39 is 0 Å². The quantitative estimate of drug-likeness (QED) is 0.670. The molecule has 1 N–H and O–H groups in total. The molecular weight excluding hydrogens is 418 g/mol. The summed E-state index contributed by atoms with van der Waals surface area (Å²) in [6.45, 7) is 1.63. The Labute approximate surface area is 166 Å². The summed E-state index contributed by atoms with van der Waals surface area (Å²) < 4.78 is 2.86. The van der Waals surface area contributed by atoms with Crippen LogP contribution in [0.2, 0.25) is 0 Å². The summed E-state index contributed by atoms with van der Waals surface area (Å²) in [5, 5.41) is 3.29. The number of carbonyl (C=O) groups is 1. The highest BCUT2D eigenvalue weighted by atomic mass is 79.9. The number of hydrogen-bond donors (Lipinski definition) is 1. The zero-order chi connectivity index (χ0) is 17.4. The van der Waals surface area contributed by atoms with E-state index in [1.54, 1.807) is 12.5 Å². The molecule has 0 aliphatic carbocycles. The van der Waals surface area contributed by atoms with E-state index in [2.05, 4.69) is 31.2 Å². The Morgan fingerprint density at radius 3 is 2.73 bits per heavy atom. The van der Waals surface area contributed by atoms with Gasteiger partial charge in [-0.25, -0.2) is 9.97 Å². The Morgan fingerprint density at radius 1 is 1.23 bits per heavy atom. The second kappa shape index (κ2) is 7.63. The van der Waals surface area contributed by atoms with Gasteiger partial charge in [-0.05, 0) is 31.0 Å². The van der Waals surface area contributed by atoms with E-state index in [1.807, 2.05) is 40.8 Å². The zero-order valence-corrected chi connectivity index (χ0v) is 16.7. The van der Waals surface area contributed by atoms with Crippen molar-refractivity contribution in [2.75, 3.05) is 18.4 Å². The number of hydrogen-bond acceptors (Lipinski definition) is 4. The number of aryl methyl sites for hydroxylation is 1. The highest BCUT2D eigenvalue weighted by molar-refractivity contribution is 9.10. The summed E-state index contributed by atoms with van der Waals surface area (Å²) in [5.41, 5.74) is 3.03. The largest absolute Gasteiger partial charge is 0.339 e. The van der Waals surface area contributed by atoms with Gasteiger partial charge in [0, 0.05) is 36.5 Å². The lowest BCUT2D eigenvalue weighted by atomic mass is 10.2. The van der Waals surface area contributed by atoms with Crippen LogP contribution in [0.15, 0.2) is 41.3 Å². The van der Waals surface area contributed by atoms with Crippen LogP contribution in [0.5, 0.6) is 0 Å². The molecule has 0 unspecified atom stereocenters. The molecule has 6 nitrogen and oxygen atoms in total. The number of aromatic nitrogens is 3. The zero-order valence-electron chi connectivity index (χ0n) is 14.3. The van der Waals surface area contributed by atoms with Crippen LogP contribution in [-0.2, 0) is 7.05 Å². The van der Waals surface area contributed by atoms with E-state index in [1.165, 1.54) is 0 Å². The number of likely N-dealkylation sites (tertiary alicyclic amines) is 1. The molecule has 26 heavy (non-hydrogen) atoms. The molecule has 0 spiro atoms. The van der Waals surface area contributed by atoms with Gasteiger partial charge >= 0.3 is 0 Å². The summed E-state index contributed by atoms with van der Waals surface area (Å²) in [7, 11) is 1.90. The molecule has 1 fully saturated rings. The predicted molar refractivity (Wildman–Crippen MR) is 108 cm³/mol. The van der Waals surface area contributed by atoms with Crippen LogP contribution in [0, 0.1) is 0 Å². The second-order valence-corrected chi connectivity index (χ2v) is 7.12. The summed E-state index contributed by atoms with van der Waals surface area (Å²) >= 11 is 3.47. The van der Waals surface area contributed by atoms with Gasteiger partial charge in [0.25, 0.3) is 5.91 Å². The van der Waals surface area contributed by atoms with Gasteiger partial charge in [-0.3, -0.25) is 4.79 Å². The molecule has 0 bridgehead atoms. The van der Waals surface area contributed by atoms with Gasteiger partial charge in [-0.15, -0.1) is 12.4 Å². The maximum Gasteiger partial charge on any atom is 0.257 e. The van der Waals surface area contributed by atoms with E-state index in [0.29, 0.717) is 16.9 Å². The molecule has 8 heteroatoms. The molecule has 1 aliphatic rings. The number of benzene rings is 1. The maximum atomic E-state index is 12.8. The number of carbonyl (C=O) groups excluding carboxylic acids is 1. The van der Waals surface area contributed by atoms with Gasteiger partial charge in [-0.2, -0.15) is 0 Å². The van der Waals surface area contributed by atoms with Crippen LogP contribution in [-0.4, -0.2) is 38.4 Å². The van der Waals surface area contributed by atoms with Crippen molar-refractivity contribution in [2.24, 2.45) is 7.05 Å². The normalized spacial score (nSPS) is 13.7. The minimum atomic E-state index is 0. The van der Waals surface area contributed by atoms with Crippen LogP contribution in [0.25, 0.3) is 11.0 Å². The highest BCUT2D eigenvalue weighted by Gasteiger charge is 2.24. The maximum absolute atomic E-state index is 12.8. The van der Waals surface area contributed by atoms with E-state index in [4.69, 9.17) is 0 Å². The number of imidazole rings is 1. The van der Waals surface area contributed by atoms with Crippen molar-refractivity contribution in [3.63, 3.8) is 0 Å². The number of nitrogens with zero attached hydrogens (tertiary/aromatic N) is 4. The van der Waals surface area contributed by atoms with Crippen molar-refractivity contribution >= 4 is 56.8 Å². The molecule has 1 aliphatic heterocycles. The van der Waals surface area contributed by atoms with Crippen LogP contribution < -0.4 is 5.32 Å². The fourth-order valence-electron chi connectivity index (χ4n) is 3.21. The Morgan fingerprint density at radius 2 is 2.00 bits per heavy atom. The molecule has 0 atom stereocenters. The van der Waals surface area contributed by atoms with Gasteiger partial charge in [0.1, 0.15) is 5.52 Å². The minimum Gasteiger partial charge on any atom is -0.339 e. The van der Waals surface area contributed by atoms with Crippen LogP contribution in [0.1, 0.15) is 23.2 Å². The number of amides is 1. The van der Waals surface area contributed by atoms with Crippen molar-refractivity contribution in [2.45, 2.75) is 12.8 Å². The lowest BCUT2D eigenvalue weighted by molar-refractivity contribution is 0.0794. The molecular formula is C18H19BrClN5O. The summed E-state index contributed by atoms with van der Waals surface area (Å²) in [6.07, 6.45) is 5.51. The molecule has 0 radical (unpaired) electrons. The molecule has 1 amide bonds. The topological polar surface area (TPSA) is 63.1 Å². The predicted octanol–water partition coefficient (Wildman–Crippen LogP) is 4.13. The average molecular weight is 437 g/mol. The number of rotatable bonds is 3. The molecule has 1 aromatic carbocycles. The highest BCUT2D eigenvalue weighted by Crippen LogP contribution is 2.28. The van der Waals surface area contributed by atoms with E-state index in [9.17, 15) is 4.79 Å². The summed E-state index contributed by atoms with van der Waals surface area (Å²) in [4.78, 5) is 23.7. The Balaban J connectivity index is 0.00000196. The van der Waals surface area contributed by atoms with Crippen molar-refractivity contribution in [3.8, 4) is 0 Å². The minimum absolute atomic E-state index is 0. The molecule has 4 rings (SSSR count). The second-order valence-electron chi connectivity index (χ2n) is 6.21. The van der Waals surface area contributed by atoms with Gasteiger partial charge in [0.15, 0.2) is 5.82 Å². The standard InChI is InChI=1S/C18H18BrN5O.ClH/c1-23-11-21-15-16(23)14(18(25)24-7-2-3-8-24)10-20-17(15)22-13-6-4-5-12(19)9-13;/h4-6,9-11H,2-3,7-8H2,1H3,(H,20,22);1H. The van der Waals surface area contributed by atoms with Crippen molar-refractivity contribution in [1.82, 2.24) is 19.4 Å². The fraction of sp³-hybridized carbons (Fsp3) is 0.278. The molecule has 3 heterocycles. The fourth-order valence-corrected chi connectivity index (χ4v) is 3.61. The average Bonchev–Trinajstić information content (AvgIpc) is 3.25. The van der Waals surface area contributed by atoms with Crippen LogP contribution in [0.3, 0.4) is 0 Å².